The van der Waals surface area contributed by atoms with Crippen molar-refractivity contribution < 1.29 is 21.6 Å². The molecule has 1 aliphatic heterocycles. The second-order valence-corrected chi connectivity index (χ2v) is 9.11. The van der Waals surface area contributed by atoms with E-state index in [-0.39, 0.29) is 22.4 Å². The van der Waals surface area contributed by atoms with E-state index in [1.807, 2.05) is 0 Å². The highest BCUT2D eigenvalue weighted by atomic mass is 32.2. The minimum atomic E-state index is -3.29. The molecule has 0 bridgehead atoms. The van der Waals surface area contributed by atoms with Crippen LogP contribution in [0.25, 0.3) is 0 Å². The molecule has 1 unspecified atom stereocenters. The molecule has 0 aliphatic carbocycles. The van der Waals surface area contributed by atoms with Gasteiger partial charge >= 0.3 is 0 Å². The van der Waals surface area contributed by atoms with Gasteiger partial charge < -0.3 is 5.32 Å². The first-order chi connectivity index (χ1) is 9.17. The standard InChI is InChI=1S/C12H15NO5S2/c1-19(15,16)11-4-2-9(3-5-11)12(14)13-10-6-7-20(17,18)8-10/h2-5,10H,6-8H2,1H3,(H,13,14). The van der Waals surface area contributed by atoms with Gasteiger partial charge in [-0.25, -0.2) is 16.8 Å². The van der Waals surface area contributed by atoms with Crippen molar-refractivity contribution in [3.63, 3.8) is 0 Å². The summed E-state index contributed by atoms with van der Waals surface area (Å²) >= 11 is 0. The highest BCUT2D eigenvalue weighted by Crippen LogP contribution is 2.14. The van der Waals surface area contributed by atoms with Crippen LogP contribution in [0.1, 0.15) is 16.8 Å². The normalized spacial score (nSPS) is 21.6. The van der Waals surface area contributed by atoms with Gasteiger partial charge in [-0.2, -0.15) is 0 Å². The summed E-state index contributed by atoms with van der Waals surface area (Å²) < 4.78 is 45.2. The molecular formula is C12H15NO5S2. The average Bonchev–Trinajstić information content (AvgIpc) is 2.67. The van der Waals surface area contributed by atoms with Crippen molar-refractivity contribution in [3.8, 4) is 0 Å². The third-order valence-corrected chi connectivity index (χ3v) is 6.01. The van der Waals surface area contributed by atoms with Crippen LogP contribution in [0.4, 0.5) is 0 Å². The summed E-state index contributed by atoms with van der Waals surface area (Å²) in [6.45, 7) is 0. The Hall–Kier alpha value is -1.41. The maximum Gasteiger partial charge on any atom is 0.251 e. The number of amides is 1. The third kappa shape index (κ3) is 3.57. The molecule has 110 valence electrons. The second kappa shape index (κ2) is 5.17. The Morgan fingerprint density at radius 3 is 2.30 bits per heavy atom. The van der Waals surface area contributed by atoms with E-state index in [1.165, 1.54) is 24.3 Å². The zero-order chi connectivity index (χ0) is 15.0. The van der Waals surface area contributed by atoms with E-state index < -0.39 is 25.6 Å². The van der Waals surface area contributed by atoms with Gasteiger partial charge in [-0.05, 0) is 30.7 Å². The van der Waals surface area contributed by atoms with E-state index in [0.717, 1.165) is 6.26 Å². The molecule has 2 rings (SSSR count). The lowest BCUT2D eigenvalue weighted by Crippen LogP contribution is -2.35. The van der Waals surface area contributed by atoms with Crippen LogP contribution < -0.4 is 5.32 Å². The quantitative estimate of drug-likeness (QED) is 0.847. The fourth-order valence-corrected chi connectivity index (χ4v) is 4.33. The zero-order valence-corrected chi connectivity index (χ0v) is 12.5. The summed E-state index contributed by atoms with van der Waals surface area (Å²) in [7, 11) is -6.34. The zero-order valence-electron chi connectivity index (χ0n) is 10.9. The van der Waals surface area contributed by atoms with Crippen LogP contribution in [0, 0.1) is 0 Å². The van der Waals surface area contributed by atoms with Gasteiger partial charge in [0.1, 0.15) is 0 Å². The summed E-state index contributed by atoms with van der Waals surface area (Å²) in [5, 5.41) is 2.64. The van der Waals surface area contributed by atoms with Gasteiger partial charge in [0.2, 0.25) is 0 Å². The van der Waals surface area contributed by atoms with Crippen LogP contribution in [-0.4, -0.2) is 46.5 Å². The molecule has 0 radical (unpaired) electrons. The van der Waals surface area contributed by atoms with Crippen molar-refractivity contribution in [1.82, 2.24) is 5.32 Å². The fourth-order valence-electron chi connectivity index (χ4n) is 2.03. The van der Waals surface area contributed by atoms with Gasteiger partial charge in [-0.3, -0.25) is 4.79 Å². The van der Waals surface area contributed by atoms with Crippen molar-refractivity contribution in [3.05, 3.63) is 29.8 Å². The third-order valence-electron chi connectivity index (χ3n) is 3.11. The molecule has 1 amide bonds. The summed E-state index contributed by atoms with van der Waals surface area (Å²) in [4.78, 5) is 12.1. The van der Waals surface area contributed by atoms with E-state index in [4.69, 9.17) is 0 Å². The van der Waals surface area contributed by atoms with Crippen LogP contribution in [0.5, 0.6) is 0 Å². The smallest absolute Gasteiger partial charge is 0.251 e. The van der Waals surface area contributed by atoms with E-state index in [1.54, 1.807) is 0 Å². The van der Waals surface area contributed by atoms with E-state index >= 15 is 0 Å². The SMILES string of the molecule is CS(=O)(=O)c1ccc(C(=O)NC2CCS(=O)(=O)C2)cc1. The highest BCUT2D eigenvalue weighted by molar-refractivity contribution is 7.91. The maximum atomic E-state index is 11.9. The molecule has 1 aliphatic rings. The molecule has 0 aromatic heterocycles. The van der Waals surface area contributed by atoms with Crippen LogP contribution >= 0.6 is 0 Å². The van der Waals surface area contributed by atoms with Gasteiger partial charge in [0.15, 0.2) is 19.7 Å². The van der Waals surface area contributed by atoms with E-state index in [9.17, 15) is 21.6 Å². The predicted molar refractivity (Wildman–Crippen MR) is 74.1 cm³/mol. The minimum Gasteiger partial charge on any atom is -0.348 e. The lowest BCUT2D eigenvalue weighted by atomic mass is 10.2. The number of sulfone groups is 2. The molecule has 20 heavy (non-hydrogen) atoms. The topological polar surface area (TPSA) is 97.4 Å². The van der Waals surface area contributed by atoms with Crippen molar-refractivity contribution in [2.24, 2.45) is 0 Å². The summed E-state index contributed by atoms with van der Waals surface area (Å²) in [5.74, 6) is -0.349. The molecule has 6 nitrogen and oxygen atoms in total. The highest BCUT2D eigenvalue weighted by Gasteiger charge is 2.29. The largest absolute Gasteiger partial charge is 0.348 e. The first-order valence-electron chi connectivity index (χ1n) is 5.99. The van der Waals surface area contributed by atoms with E-state index in [0.29, 0.717) is 12.0 Å². The molecule has 1 saturated heterocycles. The predicted octanol–water partition coefficient (Wildman–Crippen LogP) is 0.00700. The molecule has 0 spiro atoms. The Labute approximate surface area is 118 Å². The van der Waals surface area contributed by atoms with Crippen LogP contribution in [-0.2, 0) is 19.7 Å². The Morgan fingerprint density at radius 2 is 1.85 bits per heavy atom. The summed E-state index contributed by atoms with van der Waals surface area (Å²) in [6, 6.07) is 5.16. The first kappa shape index (κ1) is 15.0. The molecule has 8 heteroatoms. The molecule has 1 aromatic rings. The molecule has 1 atom stereocenters. The van der Waals surface area contributed by atoms with Gasteiger partial charge in [-0.15, -0.1) is 0 Å². The van der Waals surface area contributed by atoms with Crippen molar-refractivity contribution in [2.45, 2.75) is 17.4 Å². The Kier molecular flexibility index (Phi) is 3.88. The van der Waals surface area contributed by atoms with Gasteiger partial charge in [0.25, 0.3) is 5.91 Å². The lowest BCUT2D eigenvalue weighted by Gasteiger charge is -2.10. The fraction of sp³-hybridized carbons (Fsp3) is 0.417. The maximum absolute atomic E-state index is 11.9. The van der Waals surface area contributed by atoms with Crippen LogP contribution in [0.2, 0.25) is 0 Å². The molecular weight excluding hydrogens is 302 g/mol. The number of hydrogen-bond donors (Lipinski definition) is 1. The van der Waals surface area contributed by atoms with E-state index in [2.05, 4.69) is 5.32 Å². The number of nitrogens with one attached hydrogen (secondary N) is 1. The average molecular weight is 317 g/mol. The molecule has 1 heterocycles. The Bertz CT molecular complexity index is 720. The van der Waals surface area contributed by atoms with Crippen molar-refractivity contribution >= 4 is 25.6 Å². The van der Waals surface area contributed by atoms with Gasteiger partial charge in [0.05, 0.1) is 16.4 Å². The number of carbonyl (C=O) groups is 1. The lowest BCUT2D eigenvalue weighted by molar-refractivity contribution is 0.0941. The van der Waals surface area contributed by atoms with Gasteiger partial charge in [0, 0.05) is 17.9 Å². The monoisotopic (exact) mass is 317 g/mol. The minimum absolute atomic E-state index is 0.0415. The number of benzene rings is 1. The second-order valence-electron chi connectivity index (χ2n) is 4.87. The van der Waals surface area contributed by atoms with Crippen molar-refractivity contribution in [2.75, 3.05) is 17.8 Å². The first-order valence-corrected chi connectivity index (χ1v) is 9.70. The number of rotatable bonds is 3. The molecule has 0 saturated carbocycles. The van der Waals surface area contributed by atoms with Gasteiger partial charge in [-0.1, -0.05) is 0 Å². The number of carbonyl (C=O) groups excluding carboxylic acids is 1. The molecule has 1 N–H and O–H groups in total. The van der Waals surface area contributed by atoms with Crippen molar-refractivity contribution in [1.29, 1.82) is 0 Å². The Balaban J connectivity index is 2.07. The molecule has 1 fully saturated rings. The number of hydrogen-bond acceptors (Lipinski definition) is 5. The molecule has 1 aromatic carbocycles. The summed E-state index contributed by atoms with van der Waals surface area (Å²) in [6.07, 6.45) is 1.50. The van der Waals surface area contributed by atoms with Crippen LogP contribution in [0.15, 0.2) is 29.2 Å². The summed E-state index contributed by atoms with van der Waals surface area (Å²) in [5.41, 5.74) is 0.307. The Morgan fingerprint density at radius 1 is 1.25 bits per heavy atom. The van der Waals surface area contributed by atoms with Crippen LogP contribution in [0.3, 0.4) is 0 Å².